The van der Waals surface area contributed by atoms with Crippen molar-refractivity contribution < 1.29 is 45.6 Å². The first-order valence-corrected chi connectivity index (χ1v) is 25.8. The summed E-state index contributed by atoms with van der Waals surface area (Å²) in [6.07, 6.45) is 28.4. The second-order valence-electron chi connectivity index (χ2n) is 16.2. The minimum absolute atomic E-state index is 0. The number of benzene rings is 4. The molecular weight excluding hydrogens is 865 g/mol. The zero-order valence-corrected chi connectivity index (χ0v) is 41.6. The van der Waals surface area contributed by atoms with Gasteiger partial charge in [-0.3, -0.25) is 4.55 Å². The molecule has 0 bridgehead atoms. The quantitative estimate of drug-likeness (QED) is 0.0291. The Morgan fingerprint density at radius 3 is 1.27 bits per heavy atom. The maximum Gasteiger partial charge on any atom is 2.00 e. The molecule has 0 heterocycles. The molecule has 0 spiro atoms. The molecule has 0 atom stereocenters. The van der Waals surface area contributed by atoms with Gasteiger partial charge in [0, 0.05) is 6.07 Å². The van der Waals surface area contributed by atoms with Crippen LogP contribution in [-0.2, 0) is 33.1 Å². The summed E-state index contributed by atoms with van der Waals surface area (Å²) >= 11 is 0. The summed E-state index contributed by atoms with van der Waals surface area (Å²) in [5.74, 6) is 1.81. The normalized spacial score (nSPS) is 11.4. The molecular formula is C50H70CaO10S2. The third-order valence-corrected chi connectivity index (χ3v) is 12.5. The summed E-state index contributed by atoms with van der Waals surface area (Å²) in [6, 6.07) is 21.1. The van der Waals surface area contributed by atoms with E-state index in [1.54, 1.807) is 36.4 Å². The molecule has 63 heavy (non-hydrogen) atoms. The van der Waals surface area contributed by atoms with E-state index in [1.165, 1.54) is 151 Å². The Balaban J connectivity index is 0.000000427. The Kier molecular flexibility index (Phi) is 28.5. The van der Waals surface area contributed by atoms with Gasteiger partial charge in [0.1, 0.15) is 38.9 Å². The van der Waals surface area contributed by atoms with Crippen LogP contribution in [0.5, 0.6) is 34.5 Å². The van der Waals surface area contributed by atoms with Crippen molar-refractivity contribution in [3.05, 3.63) is 96.1 Å². The summed E-state index contributed by atoms with van der Waals surface area (Å²) in [4.78, 5) is -0.385. The van der Waals surface area contributed by atoms with Crippen molar-refractivity contribution in [1.82, 2.24) is 0 Å². The minimum Gasteiger partial charge on any atom is -0.872 e. The van der Waals surface area contributed by atoms with Crippen molar-refractivity contribution in [3.63, 3.8) is 0 Å². The second-order valence-corrected chi connectivity index (χ2v) is 19.0. The van der Waals surface area contributed by atoms with Crippen LogP contribution in [0, 0.1) is 0 Å². The number of phenols is 1. The molecule has 0 radical (unpaired) electrons. The molecule has 4 aromatic carbocycles. The standard InChI is InChI=1S/2C25H36O5S.Ca/c2*1-2-3-4-5-6-7-8-9-10-11-12-14-21-19-24(31(27,28)29)17-18-25(21)30-23-16-13-15-22(26)20-23;/h2*13,15-20,26H,2-12,14H2,1H3,(H,27,28,29);/q;;+2/p-2. The summed E-state index contributed by atoms with van der Waals surface area (Å²) < 4.78 is 78.4. The van der Waals surface area contributed by atoms with E-state index in [9.17, 15) is 36.2 Å². The smallest absolute Gasteiger partial charge is 0.872 e. The van der Waals surface area contributed by atoms with Crippen LogP contribution >= 0.6 is 0 Å². The molecule has 0 unspecified atom stereocenters. The van der Waals surface area contributed by atoms with Gasteiger partial charge in [0.15, 0.2) is 0 Å². The van der Waals surface area contributed by atoms with Crippen molar-refractivity contribution in [2.24, 2.45) is 0 Å². The summed E-state index contributed by atoms with van der Waals surface area (Å²) in [7, 11) is -8.80. The monoisotopic (exact) mass is 934 g/mol. The number of ether oxygens (including phenoxy) is 2. The molecule has 2 N–H and O–H groups in total. The third kappa shape index (κ3) is 24.3. The Labute approximate surface area is 408 Å². The van der Waals surface area contributed by atoms with E-state index in [1.807, 2.05) is 0 Å². The number of aromatic hydroxyl groups is 1. The molecule has 4 aromatic rings. The fourth-order valence-corrected chi connectivity index (χ4v) is 8.37. The van der Waals surface area contributed by atoms with Crippen LogP contribution in [0.15, 0.2) is 94.7 Å². The molecule has 0 amide bonds. The molecule has 10 nitrogen and oxygen atoms in total. The Bertz CT molecular complexity index is 1940. The zero-order chi connectivity index (χ0) is 45.1. The molecule has 0 aliphatic carbocycles. The van der Waals surface area contributed by atoms with Crippen molar-refractivity contribution in [3.8, 4) is 34.5 Å². The van der Waals surface area contributed by atoms with E-state index in [2.05, 4.69) is 13.8 Å². The van der Waals surface area contributed by atoms with E-state index in [4.69, 9.17) is 9.47 Å². The Hall–Kier alpha value is -2.84. The predicted octanol–water partition coefficient (Wildman–Crippen LogP) is 13.2. The SMILES string of the molecule is CCCCCCCCCCCCCc1cc(S(=O)(=O)O)ccc1Oc1cccc(O)c1.CCCCCCCCCCCCCc1cc(S(=O)(=O)[O-])ccc1Oc1cccc([O-])c1.[Ca+2]. The van der Waals surface area contributed by atoms with Gasteiger partial charge in [-0.25, -0.2) is 8.42 Å². The fraction of sp³-hybridized carbons (Fsp3) is 0.520. The number of hydrogen-bond donors (Lipinski definition) is 2. The number of hydrogen-bond acceptors (Lipinski definition) is 9. The average molecular weight is 935 g/mol. The van der Waals surface area contributed by atoms with Gasteiger partial charge in [-0.2, -0.15) is 8.42 Å². The fourth-order valence-electron chi connectivity index (χ4n) is 7.32. The Morgan fingerprint density at radius 2 is 0.873 bits per heavy atom. The van der Waals surface area contributed by atoms with Crippen LogP contribution in [0.4, 0.5) is 0 Å². The topological polar surface area (TPSA) is 173 Å². The maximum atomic E-state index is 11.5. The molecule has 0 aliphatic rings. The first-order chi connectivity index (χ1) is 29.8. The second kappa shape index (κ2) is 31.9. The van der Waals surface area contributed by atoms with Crippen LogP contribution in [-0.4, -0.2) is 68.8 Å². The van der Waals surface area contributed by atoms with Gasteiger partial charge >= 0.3 is 37.7 Å². The van der Waals surface area contributed by atoms with E-state index < -0.39 is 20.2 Å². The van der Waals surface area contributed by atoms with Gasteiger partial charge in [-0.05, 0) is 97.5 Å². The van der Waals surface area contributed by atoms with Gasteiger partial charge in [0.25, 0.3) is 10.1 Å². The largest absolute Gasteiger partial charge is 2.00 e. The molecule has 13 heteroatoms. The van der Waals surface area contributed by atoms with Crippen LogP contribution < -0.4 is 14.6 Å². The molecule has 4 rings (SSSR count). The molecule has 344 valence electrons. The van der Waals surface area contributed by atoms with Crippen molar-refractivity contribution in [2.45, 2.75) is 178 Å². The molecule has 0 fully saturated rings. The number of aryl methyl sites for hydroxylation is 2. The van der Waals surface area contributed by atoms with Gasteiger partial charge < -0.3 is 24.2 Å². The van der Waals surface area contributed by atoms with Crippen LogP contribution in [0.1, 0.15) is 166 Å². The maximum absolute atomic E-state index is 11.5. The van der Waals surface area contributed by atoms with Gasteiger partial charge in [0.05, 0.1) is 9.79 Å². The summed E-state index contributed by atoms with van der Waals surface area (Å²) in [5, 5.41) is 21.2. The van der Waals surface area contributed by atoms with E-state index in [0.29, 0.717) is 41.4 Å². The average Bonchev–Trinajstić information content (AvgIpc) is 3.22. The Morgan fingerprint density at radius 1 is 0.492 bits per heavy atom. The minimum atomic E-state index is -4.53. The van der Waals surface area contributed by atoms with E-state index in [0.717, 1.165) is 44.1 Å². The van der Waals surface area contributed by atoms with Crippen molar-refractivity contribution in [2.75, 3.05) is 0 Å². The molecule has 0 aromatic heterocycles. The van der Waals surface area contributed by atoms with Gasteiger partial charge in [-0.1, -0.05) is 160 Å². The van der Waals surface area contributed by atoms with E-state index in [-0.39, 0.29) is 59.0 Å². The van der Waals surface area contributed by atoms with Gasteiger partial charge in [-0.15, -0.1) is 5.75 Å². The first kappa shape index (κ1) is 56.3. The summed E-state index contributed by atoms with van der Waals surface area (Å²) in [5.41, 5.74) is 1.40. The van der Waals surface area contributed by atoms with Crippen LogP contribution in [0.3, 0.4) is 0 Å². The van der Waals surface area contributed by atoms with Crippen molar-refractivity contribution in [1.29, 1.82) is 0 Å². The van der Waals surface area contributed by atoms with Crippen LogP contribution in [0.2, 0.25) is 0 Å². The number of unbranched alkanes of at least 4 members (excludes halogenated alkanes) is 20. The van der Waals surface area contributed by atoms with Crippen LogP contribution in [0.25, 0.3) is 0 Å². The van der Waals surface area contributed by atoms with Gasteiger partial charge in [0.2, 0.25) is 0 Å². The number of rotatable bonds is 30. The molecule has 0 aliphatic heterocycles. The number of phenolic OH excluding ortho intramolecular Hbond substituents is 1. The zero-order valence-electron chi connectivity index (χ0n) is 37.7. The predicted molar refractivity (Wildman–Crippen MR) is 251 cm³/mol. The molecule has 0 saturated heterocycles. The molecule has 0 saturated carbocycles. The van der Waals surface area contributed by atoms with E-state index >= 15 is 0 Å². The third-order valence-electron chi connectivity index (χ3n) is 10.8. The first-order valence-electron chi connectivity index (χ1n) is 22.9. The summed E-state index contributed by atoms with van der Waals surface area (Å²) in [6.45, 7) is 4.47. The van der Waals surface area contributed by atoms with Crippen molar-refractivity contribution >= 4 is 58.0 Å².